The number of ether oxygens (including phenoxy) is 2. The molecule has 1 aliphatic carbocycles. The molecule has 100 valence electrons. The zero-order valence-electron chi connectivity index (χ0n) is 11.2. The van der Waals surface area contributed by atoms with Crippen LogP contribution in [0.4, 0.5) is 0 Å². The Morgan fingerprint density at radius 3 is 2.94 bits per heavy atom. The van der Waals surface area contributed by atoms with Gasteiger partial charge in [-0.3, -0.25) is 4.98 Å². The number of aromatic nitrogens is 1. The van der Waals surface area contributed by atoms with Crippen molar-refractivity contribution in [1.82, 2.24) is 4.98 Å². The Bertz CT molecular complexity index is 395. The molecule has 0 spiro atoms. The molecule has 0 aromatic carbocycles. The maximum Gasteiger partial charge on any atom is 0.122 e. The summed E-state index contributed by atoms with van der Waals surface area (Å²) in [7, 11) is 1.67. The Balaban J connectivity index is 1.95. The summed E-state index contributed by atoms with van der Waals surface area (Å²) in [5, 5.41) is 0. The van der Waals surface area contributed by atoms with Crippen molar-refractivity contribution in [2.24, 2.45) is 11.7 Å². The molecule has 1 aromatic rings. The van der Waals surface area contributed by atoms with E-state index in [0.717, 1.165) is 30.1 Å². The number of aryl methyl sites for hydroxylation is 1. The van der Waals surface area contributed by atoms with E-state index in [2.05, 4.69) is 4.98 Å². The molecule has 1 saturated carbocycles. The molecule has 4 nitrogen and oxygen atoms in total. The van der Waals surface area contributed by atoms with Gasteiger partial charge in [0.1, 0.15) is 5.75 Å². The van der Waals surface area contributed by atoms with E-state index >= 15 is 0 Å². The van der Waals surface area contributed by atoms with Crippen LogP contribution in [0, 0.1) is 12.8 Å². The average Bonchev–Trinajstić information content (AvgIpc) is 2.83. The number of hydrogen-bond donors (Lipinski definition) is 1. The molecular weight excluding hydrogens is 228 g/mol. The normalized spacial score (nSPS) is 23.3. The molecule has 4 heteroatoms. The molecule has 1 aromatic heterocycles. The standard InChI is InChI=1S/C14H22N2O2/c1-10-6-13(17-2)7-12(16-10)9-18-14-5-3-4-11(14)8-15/h6-7,11,14H,3-5,8-9,15H2,1-2H3. The molecule has 2 N–H and O–H groups in total. The quantitative estimate of drug-likeness (QED) is 0.869. The minimum atomic E-state index is 0.295. The van der Waals surface area contributed by atoms with E-state index in [0.29, 0.717) is 18.6 Å². The van der Waals surface area contributed by atoms with Crippen molar-refractivity contribution in [3.8, 4) is 5.75 Å². The van der Waals surface area contributed by atoms with Gasteiger partial charge in [-0.05, 0) is 32.2 Å². The Labute approximate surface area is 108 Å². The van der Waals surface area contributed by atoms with E-state index in [1.54, 1.807) is 7.11 Å². The van der Waals surface area contributed by atoms with Crippen LogP contribution in [0.3, 0.4) is 0 Å². The summed E-state index contributed by atoms with van der Waals surface area (Å²) in [5.74, 6) is 1.35. The third-order valence-corrected chi connectivity index (χ3v) is 3.55. The lowest BCUT2D eigenvalue weighted by molar-refractivity contribution is 0.0165. The van der Waals surface area contributed by atoms with Crippen molar-refractivity contribution in [1.29, 1.82) is 0 Å². The number of rotatable bonds is 5. The minimum Gasteiger partial charge on any atom is -0.497 e. The van der Waals surface area contributed by atoms with E-state index in [4.69, 9.17) is 15.2 Å². The lowest BCUT2D eigenvalue weighted by Gasteiger charge is -2.18. The summed E-state index contributed by atoms with van der Waals surface area (Å²) >= 11 is 0. The second-order valence-corrected chi connectivity index (χ2v) is 4.92. The fourth-order valence-electron chi connectivity index (χ4n) is 2.58. The highest BCUT2D eigenvalue weighted by Gasteiger charge is 2.26. The van der Waals surface area contributed by atoms with Gasteiger partial charge < -0.3 is 15.2 Å². The van der Waals surface area contributed by atoms with Crippen molar-refractivity contribution in [3.63, 3.8) is 0 Å². The monoisotopic (exact) mass is 250 g/mol. The van der Waals surface area contributed by atoms with Crippen LogP contribution in [-0.2, 0) is 11.3 Å². The van der Waals surface area contributed by atoms with Gasteiger partial charge in [0.05, 0.1) is 25.5 Å². The second-order valence-electron chi connectivity index (χ2n) is 4.92. The van der Waals surface area contributed by atoms with Gasteiger partial charge in [0, 0.05) is 17.8 Å². The highest BCUT2D eigenvalue weighted by atomic mass is 16.5. The molecule has 0 radical (unpaired) electrons. The van der Waals surface area contributed by atoms with Gasteiger partial charge >= 0.3 is 0 Å². The van der Waals surface area contributed by atoms with E-state index in [1.165, 1.54) is 12.8 Å². The van der Waals surface area contributed by atoms with Crippen LogP contribution in [0.5, 0.6) is 5.75 Å². The Kier molecular flexibility index (Phi) is 4.55. The first-order valence-electron chi connectivity index (χ1n) is 6.56. The van der Waals surface area contributed by atoms with Crippen molar-refractivity contribution in [2.75, 3.05) is 13.7 Å². The van der Waals surface area contributed by atoms with Crippen LogP contribution in [0.1, 0.15) is 30.7 Å². The topological polar surface area (TPSA) is 57.4 Å². The zero-order valence-corrected chi connectivity index (χ0v) is 11.2. The molecule has 2 atom stereocenters. The van der Waals surface area contributed by atoms with E-state index in [1.807, 2.05) is 19.1 Å². The first-order chi connectivity index (χ1) is 8.72. The highest BCUT2D eigenvalue weighted by molar-refractivity contribution is 5.26. The average molecular weight is 250 g/mol. The molecule has 18 heavy (non-hydrogen) atoms. The van der Waals surface area contributed by atoms with Crippen molar-refractivity contribution < 1.29 is 9.47 Å². The lowest BCUT2D eigenvalue weighted by Crippen LogP contribution is -2.25. The lowest BCUT2D eigenvalue weighted by atomic mass is 10.1. The Hall–Kier alpha value is -1.13. The molecule has 2 rings (SSSR count). The third-order valence-electron chi connectivity index (χ3n) is 3.55. The number of nitrogens with two attached hydrogens (primary N) is 1. The Morgan fingerprint density at radius 2 is 2.22 bits per heavy atom. The largest absolute Gasteiger partial charge is 0.497 e. The van der Waals surface area contributed by atoms with Crippen LogP contribution in [0.15, 0.2) is 12.1 Å². The smallest absolute Gasteiger partial charge is 0.122 e. The summed E-state index contributed by atoms with van der Waals surface area (Å²) in [6.07, 6.45) is 3.82. The second kappa shape index (κ2) is 6.16. The first-order valence-corrected chi connectivity index (χ1v) is 6.56. The molecule has 2 unspecified atom stereocenters. The predicted octanol–water partition coefficient (Wildman–Crippen LogP) is 2.04. The van der Waals surface area contributed by atoms with Crippen LogP contribution < -0.4 is 10.5 Å². The van der Waals surface area contributed by atoms with Crippen LogP contribution in [-0.4, -0.2) is 24.7 Å². The van der Waals surface area contributed by atoms with Crippen molar-refractivity contribution >= 4 is 0 Å². The van der Waals surface area contributed by atoms with Gasteiger partial charge in [-0.15, -0.1) is 0 Å². The van der Waals surface area contributed by atoms with Crippen LogP contribution in [0.25, 0.3) is 0 Å². The molecule has 0 aliphatic heterocycles. The predicted molar refractivity (Wildman–Crippen MR) is 70.5 cm³/mol. The van der Waals surface area contributed by atoms with E-state index in [9.17, 15) is 0 Å². The van der Waals surface area contributed by atoms with Gasteiger partial charge in [-0.25, -0.2) is 0 Å². The van der Waals surface area contributed by atoms with Crippen LogP contribution >= 0.6 is 0 Å². The highest BCUT2D eigenvalue weighted by Crippen LogP contribution is 2.28. The fraction of sp³-hybridized carbons (Fsp3) is 0.643. The molecule has 1 fully saturated rings. The molecule has 1 aliphatic rings. The fourth-order valence-corrected chi connectivity index (χ4v) is 2.58. The third kappa shape index (κ3) is 3.21. The first kappa shape index (κ1) is 13.3. The zero-order chi connectivity index (χ0) is 13.0. The van der Waals surface area contributed by atoms with Crippen molar-refractivity contribution in [2.45, 2.75) is 38.9 Å². The summed E-state index contributed by atoms with van der Waals surface area (Å²) in [4.78, 5) is 4.46. The summed E-state index contributed by atoms with van der Waals surface area (Å²) in [6.45, 7) is 3.22. The SMILES string of the molecule is COc1cc(C)nc(COC2CCCC2CN)c1. The maximum absolute atomic E-state index is 5.95. The van der Waals surface area contributed by atoms with E-state index < -0.39 is 0 Å². The maximum atomic E-state index is 5.95. The van der Waals surface area contributed by atoms with Gasteiger partial charge in [0.15, 0.2) is 0 Å². The number of pyridine rings is 1. The minimum absolute atomic E-state index is 0.295. The number of nitrogens with zero attached hydrogens (tertiary/aromatic N) is 1. The van der Waals surface area contributed by atoms with Crippen molar-refractivity contribution in [3.05, 3.63) is 23.5 Å². The molecular formula is C14H22N2O2. The van der Waals surface area contributed by atoms with Gasteiger partial charge in [-0.1, -0.05) is 6.42 Å². The number of methoxy groups -OCH3 is 1. The van der Waals surface area contributed by atoms with Gasteiger partial charge in [0.2, 0.25) is 0 Å². The van der Waals surface area contributed by atoms with Crippen LogP contribution in [0.2, 0.25) is 0 Å². The molecule has 0 bridgehead atoms. The van der Waals surface area contributed by atoms with E-state index in [-0.39, 0.29) is 0 Å². The molecule has 0 saturated heterocycles. The van der Waals surface area contributed by atoms with Gasteiger partial charge in [0.25, 0.3) is 0 Å². The van der Waals surface area contributed by atoms with Gasteiger partial charge in [-0.2, -0.15) is 0 Å². The summed E-state index contributed by atoms with van der Waals surface area (Å²) in [5.41, 5.74) is 7.63. The summed E-state index contributed by atoms with van der Waals surface area (Å²) in [6, 6.07) is 3.85. The molecule has 1 heterocycles. The Morgan fingerprint density at radius 1 is 1.39 bits per heavy atom. The number of hydrogen-bond acceptors (Lipinski definition) is 4. The summed E-state index contributed by atoms with van der Waals surface area (Å²) < 4.78 is 11.2. The molecule has 0 amide bonds.